The average Bonchev–Trinajstić information content (AvgIpc) is 2.60. The van der Waals surface area contributed by atoms with Gasteiger partial charge in [-0.25, -0.2) is 0 Å². The molecule has 4 heteroatoms. The fraction of sp³-hybridized carbons (Fsp3) is 1.00. The maximum absolute atomic E-state index is 9.61. The molecule has 4 nitrogen and oxygen atoms in total. The Morgan fingerprint density at radius 3 is 2.62 bits per heavy atom. The number of aliphatic hydroxyl groups is 1. The molecule has 76 valence electrons. The summed E-state index contributed by atoms with van der Waals surface area (Å²) in [6.07, 6.45) is -0.322. The van der Waals surface area contributed by atoms with Crippen molar-refractivity contribution in [2.75, 3.05) is 26.3 Å². The molecule has 0 aliphatic carbocycles. The van der Waals surface area contributed by atoms with Crippen LogP contribution >= 0.6 is 0 Å². The molecule has 0 aromatic rings. The Bertz CT molecular complexity index is 178. The smallest absolute Gasteiger partial charge is 0.0950 e. The molecular formula is C9H18N2O2. The summed E-state index contributed by atoms with van der Waals surface area (Å²) in [5, 5.41) is 9.61. The van der Waals surface area contributed by atoms with Gasteiger partial charge < -0.3 is 15.6 Å². The summed E-state index contributed by atoms with van der Waals surface area (Å²) < 4.78 is 5.22. The second-order valence-corrected chi connectivity index (χ2v) is 4.27. The first-order valence-electron chi connectivity index (χ1n) is 4.94. The number of hydrogen-bond donors (Lipinski definition) is 2. The standard InChI is InChI=1S/C9H18N2O2/c1-6-2-11(3-7(6)10)8-4-13-5-9(8)12/h6-9,12H,2-5,10H2,1H3. The van der Waals surface area contributed by atoms with Crippen LogP contribution in [0.2, 0.25) is 0 Å². The van der Waals surface area contributed by atoms with Crippen molar-refractivity contribution in [2.45, 2.75) is 25.1 Å². The lowest BCUT2D eigenvalue weighted by molar-refractivity contribution is 0.0930. The van der Waals surface area contributed by atoms with Crippen molar-refractivity contribution in [3.63, 3.8) is 0 Å². The van der Waals surface area contributed by atoms with Gasteiger partial charge in [-0.2, -0.15) is 0 Å². The molecule has 0 saturated carbocycles. The van der Waals surface area contributed by atoms with Crippen LogP contribution in [0.1, 0.15) is 6.92 Å². The van der Waals surface area contributed by atoms with Gasteiger partial charge in [-0.15, -0.1) is 0 Å². The first kappa shape index (κ1) is 9.40. The van der Waals surface area contributed by atoms with E-state index in [0.717, 1.165) is 13.1 Å². The molecule has 0 radical (unpaired) electrons. The van der Waals surface area contributed by atoms with E-state index in [0.29, 0.717) is 19.1 Å². The minimum Gasteiger partial charge on any atom is -0.389 e. The monoisotopic (exact) mass is 186 g/mol. The maximum Gasteiger partial charge on any atom is 0.0950 e. The number of nitrogens with zero attached hydrogens (tertiary/aromatic N) is 1. The largest absolute Gasteiger partial charge is 0.389 e. The highest BCUT2D eigenvalue weighted by Crippen LogP contribution is 2.21. The van der Waals surface area contributed by atoms with E-state index >= 15 is 0 Å². The molecule has 2 heterocycles. The molecule has 4 unspecified atom stereocenters. The molecule has 3 N–H and O–H groups in total. The van der Waals surface area contributed by atoms with Crippen LogP contribution in [0, 0.1) is 5.92 Å². The van der Waals surface area contributed by atoms with E-state index in [-0.39, 0.29) is 18.2 Å². The predicted octanol–water partition coefficient (Wildman–Crippen LogP) is -0.975. The number of likely N-dealkylation sites (tertiary alicyclic amines) is 1. The lowest BCUT2D eigenvalue weighted by Gasteiger charge is -2.24. The topological polar surface area (TPSA) is 58.7 Å². The summed E-state index contributed by atoms with van der Waals surface area (Å²) in [6.45, 7) is 5.18. The van der Waals surface area contributed by atoms with Gasteiger partial charge in [0.1, 0.15) is 0 Å². The van der Waals surface area contributed by atoms with Gasteiger partial charge in [0, 0.05) is 19.1 Å². The highest BCUT2D eigenvalue weighted by Gasteiger charge is 2.37. The first-order chi connectivity index (χ1) is 6.18. The molecule has 0 aromatic heterocycles. The molecule has 0 aromatic carbocycles. The Labute approximate surface area is 78.7 Å². The summed E-state index contributed by atoms with van der Waals surface area (Å²) in [6, 6.07) is 0.434. The maximum atomic E-state index is 9.61. The summed E-state index contributed by atoms with van der Waals surface area (Å²) in [5.74, 6) is 0.535. The molecule has 0 spiro atoms. The summed E-state index contributed by atoms with van der Waals surface area (Å²) in [7, 11) is 0. The van der Waals surface area contributed by atoms with Crippen LogP contribution in [0.4, 0.5) is 0 Å². The van der Waals surface area contributed by atoms with E-state index in [9.17, 15) is 5.11 Å². The summed E-state index contributed by atoms with van der Waals surface area (Å²) in [4.78, 5) is 2.26. The third-order valence-corrected chi connectivity index (χ3v) is 3.19. The second-order valence-electron chi connectivity index (χ2n) is 4.27. The van der Waals surface area contributed by atoms with E-state index in [2.05, 4.69) is 11.8 Å². The molecule has 2 saturated heterocycles. The van der Waals surface area contributed by atoms with Crippen molar-refractivity contribution in [1.29, 1.82) is 0 Å². The van der Waals surface area contributed by atoms with Crippen molar-refractivity contribution in [2.24, 2.45) is 11.7 Å². The van der Waals surface area contributed by atoms with Crippen molar-refractivity contribution < 1.29 is 9.84 Å². The molecule has 4 atom stereocenters. The highest BCUT2D eigenvalue weighted by molar-refractivity contribution is 4.92. The summed E-state index contributed by atoms with van der Waals surface area (Å²) >= 11 is 0. The van der Waals surface area contributed by atoms with E-state index in [1.165, 1.54) is 0 Å². The second kappa shape index (κ2) is 3.53. The Morgan fingerprint density at radius 1 is 1.38 bits per heavy atom. The number of ether oxygens (including phenoxy) is 1. The van der Waals surface area contributed by atoms with E-state index in [1.807, 2.05) is 0 Å². The molecule has 2 aliphatic heterocycles. The van der Waals surface area contributed by atoms with Gasteiger partial charge in [-0.05, 0) is 5.92 Å². The van der Waals surface area contributed by atoms with Gasteiger partial charge in [-0.1, -0.05) is 6.92 Å². The van der Waals surface area contributed by atoms with Gasteiger partial charge in [0.25, 0.3) is 0 Å². The molecule has 2 aliphatic rings. The Morgan fingerprint density at radius 2 is 2.15 bits per heavy atom. The lowest BCUT2D eigenvalue weighted by atomic mass is 10.1. The Kier molecular flexibility index (Phi) is 2.55. The van der Waals surface area contributed by atoms with Crippen molar-refractivity contribution in [1.82, 2.24) is 4.90 Å². The Balaban J connectivity index is 1.95. The molecule has 2 fully saturated rings. The normalized spacial score (nSPS) is 47.3. The molecule has 13 heavy (non-hydrogen) atoms. The van der Waals surface area contributed by atoms with Crippen molar-refractivity contribution >= 4 is 0 Å². The fourth-order valence-electron chi connectivity index (χ4n) is 2.18. The molecule has 0 bridgehead atoms. The number of nitrogens with two attached hydrogens (primary N) is 1. The third-order valence-electron chi connectivity index (χ3n) is 3.19. The van der Waals surface area contributed by atoms with Crippen LogP contribution in [-0.4, -0.2) is 54.5 Å². The third kappa shape index (κ3) is 1.72. The zero-order chi connectivity index (χ0) is 9.42. The van der Waals surface area contributed by atoms with Gasteiger partial charge in [-0.3, -0.25) is 4.90 Å². The van der Waals surface area contributed by atoms with Gasteiger partial charge in [0.05, 0.1) is 25.4 Å². The number of aliphatic hydroxyl groups excluding tert-OH is 1. The van der Waals surface area contributed by atoms with Crippen LogP contribution in [0.3, 0.4) is 0 Å². The average molecular weight is 186 g/mol. The van der Waals surface area contributed by atoms with E-state index in [4.69, 9.17) is 10.5 Å². The summed E-state index contributed by atoms with van der Waals surface area (Å²) in [5.41, 5.74) is 5.92. The molecule has 2 rings (SSSR count). The molecular weight excluding hydrogens is 168 g/mol. The number of hydrogen-bond acceptors (Lipinski definition) is 4. The quantitative estimate of drug-likeness (QED) is 0.553. The zero-order valence-corrected chi connectivity index (χ0v) is 8.02. The van der Waals surface area contributed by atoms with Crippen molar-refractivity contribution in [3.8, 4) is 0 Å². The zero-order valence-electron chi connectivity index (χ0n) is 8.02. The first-order valence-corrected chi connectivity index (χ1v) is 4.94. The van der Waals surface area contributed by atoms with Crippen molar-refractivity contribution in [3.05, 3.63) is 0 Å². The molecule has 0 amide bonds. The minimum absolute atomic E-state index is 0.177. The SMILES string of the molecule is CC1CN(C2COCC2O)CC1N. The fourth-order valence-corrected chi connectivity index (χ4v) is 2.18. The lowest BCUT2D eigenvalue weighted by Crippen LogP contribution is -2.42. The number of rotatable bonds is 1. The van der Waals surface area contributed by atoms with Crippen LogP contribution in [0.5, 0.6) is 0 Å². The highest BCUT2D eigenvalue weighted by atomic mass is 16.5. The van der Waals surface area contributed by atoms with Gasteiger partial charge >= 0.3 is 0 Å². The predicted molar refractivity (Wildman–Crippen MR) is 49.3 cm³/mol. The van der Waals surface area contributed by atoms with Crippen LogP contribution in [-0.2, 0) is 4.74 Å². The van der Waals surface area contributed by atoms with Crippen LogP contribution in [0.25, 0.3) is 0 Å². The van der Waals surface area contributed by atoms with Gasteiger partial charge in [0.2, 0.25) is 0 Å². The van der Waals surface area contributed by atoms with Gasteiger partial charge in [0.15, 0.2) is 0 Å². The van der Waals surface area contributed by atoms with Crippen LogP contribution in [0.15, 0.2) is 0 Å². The minimum atomic E-state index is -0.322. The van der Waals surface area contributed by atoms with Crippen LogP contribution < -0.4 is 5.73 Å². The Hall–Kier alpha value is -0.160. The van der Waals surface area contributed by atoms with E-state index < -0.39 is 0 Å². The van der Waals surface area contributed by atoms with E-state index in [1.54, 1.807) is 0 Å².